The molecule has 0 saturated heterocycles. The van der Waals surface area contributed by atoms with Crippen LogP contribution in [0.4, 0.5) is 0 Å². The molecule has 0 unspecified atom stereocenters. The molecule has 23 heavy (non-hydrogen) atoms. The van der Waals surface area contributed by atoms with Crippen LogP contribution in [0.5, 0.6) is 5.75 Å². The fraction of sp³-hybridized carbons (Fsp3) is 0.111. The number of hydrogen-bond acceptors (Lipinski definition) is 3. The van der Waals surface area contributed by atoms with E-state index in [1.807, 2.05) is 31.2 Å². The van der Waals surface area contributed by atoms with Crippen molar-refractivity contribution in [1.29, 1.82) is 0 Å². The van der Waals surface area contributed by atoms with Gasteiger partial charge in [0.2, 0.25) is 0 Å². The minimum Gasteiger partial charge on any atom is -0.480 e. The molecule has 0 atom stereocenters. The number of rotatable bonds is 5. The number of hydrogen-bond donors (Lipinski definition) is 1. The van der Waals surface area contributed by atoms with E-state index in [0.717, 1.165) is 10.0 Å². The van der Waals surface area contributed by atoms with E-state index in [0.29, 0.717) is 16.9 Å². The Morgan fingerprint density at radius 2 is 2.09 bits per heavy atom. The van der Waals surface area contributed by atoms with Gasteiger partial charge in [-0.2, -0.15) is 5.10 Å². The fourth-order valence-electron chi connectivity index (χ4n) is 1.80. The van der Waals surface area contributed by atoms with Gasteiger partial charge in [0.05, 0.1) is 6.21 Å². The van der Waals surface area contributed by atoms with Crippen molar-refractivity contribution in [2.45, 2.75) is 6.92 Å². The third-order valence-corrected chi connectivity index (χ3v) is 3.46. The molecule has 0 saturated carbocycles. The first-order chi connectivity index (χ1) is 11.1. The molecule has 1 amide bonds. The molecule has 0 aliphatic heterocycles. The Balaban J connectivity index is 2.07. The van der Waals surface area contributed by atoms with E-state index in [-0.39, 0.29) is 12.5 Å². The van der Waals surface area contributed by atoms with Crippen molar-refractivity contribution < 1.29 is 9.53 Å². The molecule has 0 aliphatic rings. The van der Waals surface area contributed by atoms with Crippen molar-refractivity contribution >= 4 is 28.1 Å². The molecule has 0 radical (unpaired) electrons. The Hall–Kier alpha value is -2.58. The van der Waals surface area contributed by atoms with Crippen LogP contribution in [0.15, 0.2) is 52.0 Å². The van der Waals surface area contributed by atoms with Gasteiger partial charge >= 0.3 is 0 Å². The van der Waals surface area contributed by atoms with Crippen molar-refractivity contribution in [3.63, 3.8) is 0 Å². The summed E-state index contributed by atoms with van der Waals surface area (Å²) in [5, 5.41) is 3.97. The van der Waals surface area contributed by atoms with E-state index in [1.165, 1.54) is 6.21 Å². The average Bonchev–Trinajstić information content (AvgIpc) is 2.54. The zero-order chi connectivity index (χ0) is 16.7. The van der Waals surface area contributed by atoms with Crippen LogP contribution in [0.1, 0.15) is 21.5 Å². The van der Waals surface area contributed by atoms with E-state index >= 15 is 0 Å². The lowest BCUT2D eigenvalue weighted by Crippen LogP contribution is -2.17. The standard InChI is InChI=1S/C18H15BrN2O2/c1-3-10-23-17-9-8-16(19)11-15(17)12-20-21-18(22)14-6-4-13(2)5-7-14/h1,4-9,11-12H,10H2,2H3,(H,21,22)/b20-12+. The van der Waals surface area contributed by atoms with Crippen LogP contribution in [0, 0.1) is 19.3 Å². The first-order valence-corrected chi connectivity index (χ1v) is 7.65. The van der Waals surface area contributed by atoms with Crippen LogP contribution >= 0.6 is 15.9 Å². The first-order valence-electron chi connectivity index (χ1n) is 6.86. The number of carbonyl (C=O) groups is 1. The van der Waals surface area contributed by atoms with Gasteiger partial charge in [-0.25, -0.2) is 5.43 Å². The fourth-order valence-corrected chi connectivity index (χ4v) is 2.18. The number of nitrogens with one attached hydrogen (secondary N) is 1. The van der Waals surface area contributed by atoms with E-state index in [1.54, 1.807) is 18.2 Å². The lowest BCUT2D eigenvalue weighted by atomic mass is 10.1. The Bertz CT molecular complexity index is 762. The lowest BCUT2D eigenvalue weighted by molar-refractivity contribution is 0.0955. The maximum absolute atomic E-state index is 12.0. The molecule has 2 rings (SSSR count). The highest BCUT2D eigenvalue weighted by atomic mass is 79.9. The second kappa shape index (κ2) is 8.16. The minimum absolute atomic E-state index is 0.165. The molecule has 0 heterocycles. The van der Waals surface area contributed by atoms with Crippen molar-refractivity contribution in [3.8, 4) is 18.1 Å². The Kier molecular flexibility index (Phi) is 5.95. The number of terminal acetylenes is 1. The Labute approximate surface area is 143 Å². The summed E-state index contributed by atoms with van der Waals surface area (Å²) in [7, 11) is 0. The summed E-state index contributed by atoms with van der Waals surface area (Å²) in [5.74, 6) is 2.73. The topological polar surface area (TPSA) is 50.7 Å². The highest BCUT2D eigenvalue weighted by molar-refractivity contribution is 9.10. The molecule has 0 bridgehead atoms. The molecule has 0 aromatic heterocycles. The normalized spacial score (nSPS) is 10.3. The van der Waals surface area contributed by atoms with Gasteiger partial charge in [0, 0.05) is 15.6 Å². The summed E-state index contributed by atoms with van der Waals surface area (Å²) in [6, 6.07) is 12.7. The van der Waals surface area contributed by atoms with Gasteiger partial charge in [-0.05, 0) is 37.3 Å². The summed E-state index contributed by atoms with van der Waals surface area (Å²) < 4.78 is 6.31. The van der Waals surface area contributed by atoms with Gasteiger partial charge in [0.15, 0.2) is 0 Å². The lowest BCUT2D eigenvalue weighted by Gasteiger charge is -2.06. The van der Waals surface area contributed by atoms with E-state index < -0.39 is 0 Å². The van der Waals surface area contributed by atoms with Gasteiger partial charge in [0.25, 0.3) is 5.91 Å². The molecule has 4 nitrogen and oxygen atoms in total. The minimum atomic E-state index is -0.276. The number of benzene rings is 2. The van der Waals surface area contributed by atoms with Gasteiger partial charge < -0.3 is 4.74 Å². The summed E-state index contributed by atoms with van der Waals surface area (Å²) in [5.41, 5.74) is 4.84. The van der Waals surface area contributed by atoms with Crippen molar-refractivity contribution in [3.05, 3.63) is 63.6 Å². The second-order valence-electron chi connectivity index (χ2n) is 4.74. The predicted molar refractivity (Wildman–Crippen MR) is 94.7 cm³/mol. The predicted octanol–water partition coefficient (Wildman–Crippen LogP) is 3.53. The molecular weight excluding hydrogens is 356 g/mol. The number of aryl methyl sites for hydroxylation is 1. The van der Waals surface area contributed by atoms with Crippen LogP contribution in [-0.2, 0) is 0 Å². The van der Waals surface area contributed by atoms with Crippen molar-refractivity contribution in [1.82, 2.24) is 5.43 Å². The summed E-state index contributed by atoms with van der Waals surface area (Å²) in [6.07, 6.45) is 6.71. The quantitative estimate of drug-likeness (QED) is 0.497. The van der Waals surface area contributed by atoms with Crippen molar-refractivity contribution in [2.75, 3.05) is 6.61 Å². The molecule has 0 fully saturated rings. The molecule has 2 aromatic carbocycles. The van der Waals surface area contributed by atoms with Crippen LogP contribution < -0.4 is 10.2 Å². The van der Waals surface area contributed by atoms with Crippen LogP contribution in [0.25, 0.3) is 0 Å². The van der Waals surface area contributed by atoms with Crippen LogP contribution in [-0.4, -0.2) is 18.7 Å². The van der Waals surface area contributed by atoms with E-state index in [2.05, 4.69) is 32.4 Å². The maximum Gasteiger partial charge on any atom is 0.271 e. The van der Waals surface area contributed by atoms with Gasteiger partial charge in [-0.3, -0.25) is 4.79 Å². The number of nitrogens with zero attached hydrogens (tertiary/aromatic N) is 1. The van der Waals surface area contributed by atoms with Gasteiger partial charge in [-0.15, -0.1) is 6.42 Å². The second-order valence-corrected chi connectivity index (χ2v) is 5.66. The smallest absolute Gasteiger partial charge is 0.271 e. The highest BCUT2D eigenvalue weighted by Crippen LogP contribution is 2.21. The third-order valence-electron chi connectivity index (χ3n) is 2.97. The Morgan fingerprint density at radius 3 is 2.78 bits per heavy atom. The molecular formula is C18H15BrN2O2. The number of ether oxygens (including phenoxy) is 1. The Morgan fingerprint density at radius 1 is 1.35 bits per heavy atom. The highest BCUT2D eigenvalue weighted by Gasteiger charge is 2.05. The molecule has 0 aliphatic carbocycles. The number of halogens is 1. The summed E-state index contributed by atoms with van der Waals surface area (Å²) in [6.45, 7) is 2.13. The monoisotopic (exact) mass is 370 g/mol. The average molecular weight is 371 g/mol. The summed E-state index contributed by atoms with van der Waals surface area (Å²) in [4.78, 5) is 12.0. The first kappa shape index (κ1) is 16.8. The molecule has 5 heteroatoms. The summed E-state index contributed by atoms with van der Waals surface area (Å²) >= 11 is 3.38. The van der Waals surface area contributed by atoms with Gasteiger partial charge in [0.1, 0.15) is 12.4 Å². The van der Waals surface area contributed by atoms with Gasteiger partial charge in [-0.1, -0.05) is 39.5 Å². The van der Waals surface area contributed by atoms with E-state index in [4.69, 9.17) is 11.2 Å². The van der Waals surface area contributed by atoms with E-state index in [9.17, 15) is 4.79 Å². The van der Waals surface area contributed by atoms with Crippen LogP contribution in [0.2, 0.25) is 0 Å². The largest absolute Gasteiger partial charge is 0.480 e. The zero-order valence-electron chi connectivity index (χ0n) is 12.5. The molecule has 2 aromatic rings. The van der Waals surface area contributed by atoms with Crippen LogP contribution in [0.3, 0.4) is 0 Å². The number of carbonyl (C=O) groups excluding carboxylic acids is 1. The molecule has 1 N–H and O–H groups in total. The maximum atomic E-state index is 12.0. The number of hydrazone groups is 1. The SMILES string of the molecule is C#CCOc1ccc(Br)cc1/C=N/NC(=O)c1ccc(C)cc1. The number of amides is 1. The zero-order valence-corrected chi connectivity index (χ0v) is 14.1. The molecule has 116 valence electrons. The third kappa shape index (κ3) is 4.97. The molecule has 0 spiro atoms. The van der Waals surface area contributed by atoms with Crippen molar-refractivity contribution in [2.24, 2.45) is 5.10 Å².